The molecule has 0 bridgehead atoms. The van der Waals surface area contributed by atoms with Gasteiger partial charge in [-0.1, -0.05) is 94.5 Å². The summed E-state index contributed by atoms with van der Waals surface area (Å²) < 4.78 is 0. The topological polar surface area (TPSA) is 0 Å². The van der Waals surface area contributed by atoms with Crippen molar-refractivity contribution in [2.75, 3.05) is 0 Å². The Labute approximate surface area is 110 Å². The molecule has 2 aromatic rings. The van der Waals surface area contributed by atoms with Crippen molar-refractivity contribution in [1.29, 1.82) is 0 Å². The van der Waals surface area contributed by atoms with Crippen LogP contribution in [0.4, 0.5) is 0 Å². The van der Waals surface area contributed by atoms with Crippen LogP contribution in [0.2, 0.25) is 0 Å². The lowest BCUT2D eigenvalue weighted by Gasteiger charge is -2.16. The van der Waals surface area contributed by atoms with Gasteiger partial charge in [-0.15, -0.1) is 0 Å². The summed E-state index contributed by atoms with van der Waals surface area (Å²) in [7, 11) is -0.803. The first-order valence-electron chi connectivity index (χ1n) is 6.30. The van der Waals surface area contributed by atoms with Crippen LogP contribution in [0.25, 0.3) is 0 Å². The van der Waals surface area contributed by atoms with E-state index in [0.717, 1.165) is 6.42 Å². The smallest absolute Gasteiger partial charge is 0.0809 e. The Bertz CT molecular complexity index is 528. The Morgan fingerprint density at radius 1 is 0.722 bits per heavy atom. The van der Waals surface area contributed by atoms with Crippen molar-refractivity contribution in [3.8, 4) is 0 Å². The summed E-state index contributed by atoms with van der Waals surface area (Å²) in [6.07, 6.45) is 8.01. The standard InChI is InChI=1S/C17H15Si/c1-3-9-15(10-4-1)18(17-13-7-8-14-17)16-11-5-2-6-12-16/h1-7,9-14H,8H2. The molecule has 18 heavy (non-hydrogen) atoms. The van der Waals surface area contributed by atoms with Crippen LogP contribution in [0.1, 0.15) is 6.42 Å². The Balaban J connectivity index is 2.07. The summed E-state index contributed by atoms with van der Waals surface area (Å²) in [6.45, 7) is 0. The van der Waals surface area contributed by atoms with E-state index < -0.39 is 8.80 Å². The molecule has 1 heteroatoms. The van der Waals surface area contributed by atoms with Crippen LogP contribution in [-0.4, -0.2) is 8.80 Å². The summed E-state index contributed by atoms with van der Waals surface area (Å²) in [5.74, 6) is 0. The zero-order valence-corrected chi connectivity index (χ0v) is 11.2. The van der Waals surface area contributed by atoms with Crippen molar-refractivity contribution >= 4 is 19.2 Å². The van der Waals surface area contributed by atoms with Crippen LogP contribution in [0, 0.1) is 0 Å². The molecular weight excluding hydrogens is 232 g/mol. The lowest BCUT2D eigenvalue weighted by atomic mass is 10.4. The SMILES string of the molecule is C1=CC([Si](c2ccccc2)c2ccccc2)=CC1. The molecule has 0 amide bonds. The lowest BCUT2D eigenvalue weighted by Crippen LogP contribution is -2.43. The number of hydrogen-bond acceptors (Lipinski definition) is 0. The van der Waals surface area contributed by atoms with Gasteiger partial charge in [0.15, 0.2) is 8.80 Å². The maximum absolute atomic E-state index is 2.37. The predicted molar refractivity (Wildman–Crippen MR) is 79.7 cm³/mol. The quantitative estimate of drug-likeness (QED) is 0.732. The molecule has 0 aromatic heterocycles. The summed E-state index contributed by atoms with van der Waals surface area (Å²) >= 11 is 0. The minimum atomic E-state index is -0.803. The van der Waals surface area contributed by atoms with Crippen LogP contribution in [0.15, 0.2) is 84.1 Å². The highest BCUT2D eigenvalue weighted by molar-refractivity contribution is 6.91. The second kappa shape index (κ2) is 5.19. The fraction of sp³-hybridized carbons (Fsp3) is 0.0588. The Kier molecular flexibility index (Phi) is 3.24. The molecule has 0 N–H and O–H groups in total. The van der Waals surface area contributed by atoms with Crippen molar-refractivity contribution in [2.45, 2.75) is 6.42 Å². The molecule has 1 aliphatic rings. The van der Waals surface area contributed by atoms with Crippen LogP contribution < -0.4 is 10.4 Å². The van der Waals surface area contributed by atoms with Crippen molar-refractivity contribution in [1.82, 2.24) is 0 Å². The zero-order chi connectivity index (χ0) is 12.2. The average molecular weight is 247 g/mol. The molecule has 0 heterocycles. The van der Waals surface area contributed by atoms with Gasteiger partial charge in [-0.2, -0.15) is 0 Å². The second-order valence-electron chi connectivity index (χ2n) is 4.40. The van der Waals surface area contributed by atoms with E-state index in [1.54, 1.807) is 0 Å². The molecule has 3 rings (SSSR count). The number of rotatable bonds is 3. The minimum absolute atomic E-state index is 0.803. The van der Waals surface area contributed by atoms with Crippen molar-refractivity contribution < 1.29 is 0 Å². The van der Waals surface area contributed by atoms with Crippen LogP contribution >= 0.6 is 0 Å². The molecule has 0 unspecified atom stereocenters. The first-order chi connectivity index (χ1) is 8.95. The third-order valence-electron chi connectivity index (χ3n) is 3.18. The van der Waals surface area contributed by atoms with E-state index in [1.165, 1.54) is 15.6 Å². The van der Waals surface area contributed by atoms with Gasteiger partial charge >= 0.3 is 0 Å². The molecular formula is C17H15Si. The Hall–Kier alpha value is -1.86. The minimum Gasteiger partial charge on any atom is -0.0809 e. The highest BCUT2D eigenvalue weighted by atomic mass is 28.3. The molecule has 2 aromatic carbocycles. The number of allylic oxidation sites excluding steroid dienone is 4. The molecule has 1 radical (unpaired) electrons. The van der Waals surface area contributed by atoms with Gasteiger partial charge in [0.25, 0.3) is 0 Å². The third kappa shape index (κ3) is 2.22. The van der Waals surface area contributed by atoms with Gasteiger partial charge in [0.05, 0.1) is 0 Å². The maximum Gasteiger partial charge on any atom is 0.154 e. The molecule has 0 atom stereocenters. The number of benzene rings is 2. The molecule has 1 aliphatic carbocycles. The van der Waals surface area contributed by atoms with Crippen molar-refractivity contribution in [3.05, 3.63) is 84.1 Å². The van der Waals surface area contributed by atoms with Crippen LogP contribution in [-0.2, 0) is 0 Å². The molecule has 0 aliphatic heterocycles. The third-order valence-corrected chi connectivity index (χ3v) is 5.95. The Morgan fingerprint density at radius 3 is 1.72 bits per heavy atom. The number of hydrogen-bond donors (Lipinski definition) is 0. The van der Waals surface area contributed by atoms with Crippen molar-refractivity contribution in [2.24, 2.45) is 0 Å². The Morgan fingerprint density at radius 2 is 1.28 bits per heavy atom. The summed E-state index contributed by atoms with van der Waals surface area (Å²) in [5.41, 5.74) is 0. The summed E-state index contributed by atoms with van der Waals surface area (Å²) in [5, 5.41) is 4.44. The highest BCUT2D eigenvalue weighted by Crippen LogP contribution is 2.13. The van der Waals surface area contributed by atoms with E-state index in [-0.39, 0.29) is 0 Å². The summed E-state index contributed by atoms with van der Waals surface area (Å²) in [4.78, 5) is 0. The lowest BCUT2D eigenvalue weighted by molar-refractivity contribution is 1.45. The van der Waals surface area contributed by atoms with Gasteiger partial charge in [0.1, 0.15) is 0 Å². The summed E-state index contributed by atoms with van der Waals surface area (Å²) in [6, 6.07) is 21.8. The molecule has 0 nitrogen and oxygen atoms in total. The first kappa shape index (κ1) is 11.2. The normalized spacial score (nSPS) is 13.9. The monoisotopic (exact) mass is 247 g/mol. The highest BCUT2D eigenvalue weighted by Gasteiger charge is 2.20. The van der Waals surface area contributed by atoms with Gasteiger partial charge in [-0.3, -0.25) is 0 Å². The zero-order valence-electron chi connectivity index (χ0n) is 10.2. The second-order valence-corrected chi connectivity index (χ2v) is 6.89. The van der Waals surface area contributed by atoms with Crippen molar-refractivity contribution in [3.63, 3.8) is 0 Å². The predicted octanol–water partition coefficient (Wildman–Crippen LogP) is 2.72. The van der Waals surface area contributed by atoms with Gasteiger partial charge < -0.3 is 0 Å². The van der Waals surface area contributed by atoms with Gasteiger partial charge in [-0.05, 0) is 6.42 Å². The average Bonchev–Trinajstić information content (AvgIpc) is 2.95. The van der Waals surface area contributed by atoms with Gasteiger partial charge in [0, 0.05) is 0 Å². The van der Waals surface area contributed by atoms with E-state index in [4.69, 9.17) is 0 Å². The van der Waals surface area contributed by atoms with E-state index in [1.807, 2.05) is 0 Å². The maximum atomic E-state index is 2.37. The van der Waals surface area contributed by atoms with E-state index in [0.29, 0.717) is 0 Å². The molecule has 0 spiro atoms. The van der Waals surface area contributed by atoms with E-state index >= 15 is 0 Å². The molecule has 0 saturated carbocycles. The molecule has 87 valence electrons. The fourth-order valence-electron chi connectivity index (χ4n) is 2.35. The molecule has 0 fully saturated rings. The van der Waals surface area contributed by atoms with Gasteiger partial charge in [-0.25, -0.2) is 0 Å². The van der Waals surface area contributed by atoms with Gasteiger partial charge in [0.2, 0.25) is 0 Å². The van der Waals surface area contributed by atoms with Crippen LogP contribution in [0.3, 0.4) is 0 Å². The van der Waals surface area contributed by atoms with E-state index in [2.05, 4.69) is 78.9 Å². The fourth-order valence-corrected chi connectivity index (χ4v) is 5.01. The largest absolute Gasteiger partial charge is 0.154 e. The first-order valence-corrected chi connectivity index (χ1v) is 7.80. The molecule has 0 saturated heterocycles. The van der Waals surface area contributed by atoms with E-state index in [9.17, 15) is 0 Å². The van der Waals surface area contributed by atoms with Crippen LogP contribution in [0.5, 0.6) is 0 Å².